The Balaban J connectivity index is 2.68. The lowest BCUT2D eigenvalue weighted by molar-refractivity contribution is -0.0758. The van der Waals surface area contributed by atoms with Gasteiger partial charge in [0.25, 0.3) is 0 Å². The van der Waals surface area contributed by atoms with Crippen molar-refractivity contribution in [1.82, 2.24) is 5.48 Å². The Morgan fingerprint density at radius 3 is 2.00 bits per heavy atom. The van der Waals surface area contributed by atoms with E-state index in [4.69, 9.17) is 4.84 Å². The molecule has 1 rings (SSSR count). The van der Waals surface area contributed by atoms with Crippen molar-refractivity contribution in [3.05, 3.63) is 34.4 Å². The predicted molar refractivity (Wildman–Crippen MR) is 68.3 cm³/mol. The summed E-state index contributed by atoms with van der Waals surface area (Å²) in [6, 6.07) is 4.42. The highest BCUT2D eigenvalue weighted by molar-refractivity contribution is 5.37. The van der Waals surface area contributed by atoms with Crippen LogP contribution in [-0.4, -0.2) is 5.60 Å². The highest BCUT2D eigenvalue weighted by Crippen LogP contribution is 2.16. The summed E-state index contributed by atoms with van der Waals surface area (Å²) in [5, 5.41) is 0. The molecule has 0 radical (unpaired) electrons. The van der Waals surface area contributed by atoms with E-state index in [0.29, 0.717) is 0 Å². The van der Waals surface area contributed by atoms with Gasteiger partial charge in [0.05, 0.1) is 5.60 Å². The topological polar surface area (TPSA) is 21.3 Å². The van der Waals surface area contributed by atoms with E-state index >= 15 is 0 Å². The van der Waals surface area contributed by atoms with Crippen molar-refractivity contribution >= 4 is 0 Å². The van der Waals surface area contributed by atoms with Gasteiger partial charge in [0.15, 0.2) is 0 Å². The van der Waals surface area contributed by atoms with E-state index in [0.717, 1.165) is 6.54 Å². The molecule has 0 aliphatic heterocycles. The molecule has 0 bridgehead atoms. The van der Waals surface area contributed by atoms with Gasteiger partial charge in [-0.3, -0.25) is 4.84 Å². The van der Waals surface area contributed by atoms with Crippen LogP contribution in [0.15, 0.2) is 12.1 Å². The van der Waals surface area contributed by atoms with Crippen LogP contribution in [0.2, 0.25) is 0 Å². The second-order valence-electron chi connectivity index (χ2n) is 5.41. The van der Waals surface area contributed by atoms with Gasteiger partial charge in [-0.05, 0) is 58.2 Å². The van der Waals surface area contributed by atoms with Crippen LogP contribution in [0, 0.1) is 20.8 Å². The minimum atomic E-state index is -0.146. The van der Waals surface area contributed by atoms with E-state index < -0.39 is 0 Å². The third kappa shape index (κ3) is 3.95. The fourth-order valence-electron chi connectivity index (χ4n) is 1.81. The van der Waals surface area contributed by atoms with Gasteiger partial charge in [-0.15, -0.1) is 0 Å². The SMILES string of the molecule is Cc1cc(C)c(CNOC(C)(C)C)c(C)c1. The molecule has 0 amide bonds. The first-order valence-electron chi connectivity index (χ1n) is 5.77. The molecule has 0 unspecified atom stereocenters. The molecule has 1 aromatic rings. The second kappa shape index (κ2) is 4.98. The maximum absolute atomic E-state index is 5.52. The van der Waals surface area contributed by atoms with Crippen LogP contribution in [0.1, 0.15) is 43.0 Å². The summed E-state index contributed by atoms with van der Waals surface area (Å²) in [5.41, 5.74) is 8.18. The lowest BCUT2D eigenvalue weighted by Crippen LogP contribution is -2.29. The molecule has 90 valence electrons. The first kappa shape index (κ1) is 13.2. The second-order valence-corrected chi connectivity index (χ2v) is 5.41. The smallest absolute Gasteiger partial charge is 0.0813 e. The standard InChI is InChI=1S/C14H23NO/c1-10-7-11(2)13(12(3)8-10)9-15-16-14(4,5)6/h7-8,15H,9H2,1-6H3. The Morgan fingerprint density at radius 2 is 1.56 bits per heavy atom. The largest absolute Gasteiger partial charge is 0.296 e. The van der Waals surface area contributed by atoms with E-state index in [2.05, 4.69) is 38.4 Å². The molecule has 0 spiro atoms. The fraction of sp³-hybridized carbons (Fsp3) is 0.571. The summed E-state index contributed by atoms with van der Waals surface area (Å²) < 4.78 is 0. The molecule has 16 heavy (non-hydrogen) atoms. The van der Waals surface area contributed by atoms with Gasteiger partial charge in [0.2, 0.25) is 0 Å². The Bertz CT molecular complexity index is 340. The molecule has 0 aliphatic carbocycles. The highest BCUT2D eigenvalue weighted by atomic mass is 16.7. The van der Waals surface area contributed by atoms with Crippen molar-refractivity contribution < 1.29 is 4.84 Å². The maximum atomic E-state index is 5.52. The number of rotatable bonds is 3. The van der Waals surface area contributed by atoms with Gasteiger partial charge in [-0.25, -0.2) is 0 Å². The van der Waals surface area contributed by atoms with Gasteiger partial charge in [0, 0.05) is 6.54 Å². The number of hydrogen-bond donors (Lipinski definition) is 1. The normalized spacial score (nSPS) is 11.9. The van der Waals surface area contributed by atoms with Gasteiger partial charge in [-0.1, -0.05) is 17.7 Å². The first-order valence-corrected chi connectivity index (χ1v) is 5.77. The summed E-state index contributed by atoms with van der Waals surface area (Å²) in [6.45, 7) is 13.3. The third-order valence-electron chi connectivity index (χ3n) is 2.47. The first-order chi connectivity index (χ1) is 7.29. The van der Waals surface area contributed by atoms with Crippen molar-refractivity contribution in [1.29, 1.82) is 0 Å². The van der Waals surface area contributed by atoms with Crippen LogP contribution in [0.25, 0.3) is 0 Å². The van der Waals surface area contributed by atoms with Gasteiger partial charge >= 0.3 is 0 Å². The zero-order valence-electron chi connectivity index (χ0n) is 11.3. The van der Waals surface area contributed by atoms with E-state index in [-0.39, 0.29) is 5.60 Å². The van der Waals surface area contributed by atoms with Crippen molar-refractivity contribution in [3.8, 4) is 0 Å². The van der Waals surface area contributed by atoms with E-state index in [1.165, 1.54) is 22.3 Å². The molecule has 0 aromatic heterocycles. The molecule has 0 atom stereocenters. The van der Waals surface area contributed by atoms with Crippen LogP contribution in [-0.2, 0) is 11.4 Å². The minimum absolute atomic E-state index is 0.146. The Hall–Kier alpha value is -0.860. The molecular weight excluding hydrogens is 198 g/mol. The predicted octanol–water partition coefficient (Wildman–Crippen LogP) is 3.43. The van der Waals surface area contributed by atoms with E-state index in [9.17, 15) is 0 Å². The minimum Gasteiger partial charge on any atom is -0.296 e. The number of benzene rings is 1. The summed E-state index contributed by atoms with van der Waals surface area (Å²) in [4.78, 5) is 5.52. The van der Waals surface area contributed by atoms with Gasteiger partial charge < -0.3 is 0 Å². The third-order valence-corrected chi connectivity index (χ3v) is 2.47. The van der Waals surface area contributed by atoms with Gasteiger partial charge in [0.1, 0.15) is 0 Å². The van der Waals surface area contributed by atoms with Crippen molar-refractivity contribution in [2.24, 2.45) is 0 Å². The summed E-state index contributed by atoms with van der Waals surface area (Å²) in [6.07, 6.45) is 0. The number of hydroxylamine groups is 1. The van der Waals surface area contributed by atoms with Crippen LogP contribution >= 0.6 is 0 Å². The van der Waals surface area contributed by atoms with Crippen LogP contribution in [0.4, 0.5) is 0 Å². The Morgan fingerprint density at radius 1 is 1.06 bits per heavy atom. The average molecular weight is 221 g/mol. The summed E-state index contributed by atoms with van der Waals surface area (Å²) >= 11 is 0. The van der Waals surface area contributed by atoms with Crippen molar-refractivity contribution in [2.75, 3.05) is 0 Å². The van der Waals surface area contributed by atoms with Crippen LogP contribution in [0.3, 0.4) is 0 Å². The molecule has 0 aliphatic rings. The number of nitrogens with one attached hydrogen (secondary N) is 1. The zero-order chi connectivity index (χ0) is 12.3. The molecular formula is C14H23NO. The van der Waals surface area contributed by atoms with E-state index in [1.54, 1.807) is 0 Å². The zero-order valence-corrected chi connectivity index (χ0v) is 11.3. The van der Waals surface area contributed by atoms with Crippen molar-refractivity contribution in [3.63, 3.8) is 0 Å². The maximum Gasteiger partial charge on any atom is 0.0813 e. The molecule has 0 saturated carbocycles. The lowest BCUT2D eigenvalue weighted by atomic mass is 10.0. The molecule has 2 nitrogen and oxygen atoms in total. The molecule has 1 aromatic carbocycles. The molecule has 1 N–H and O–H groups in total. The fourth-order valence-corrected chi connectivity index (χ4v) is 1.81. The Labute approximate surface area is 99.0 Å². The average Bonchev–Trinajstić information content (AvgIpc) is 2.07. The quantitative estimate of drug-likeness (QED) is 0.790. The summed E-state index contributed by atoms with van der Waals surface area (Å²) in [5.74, 6) is 0. The highest BCUT2D eigenvalue weighted by Gasteiger charge is 2.11. The Kier molecular flexibility index (Phi) is 4.11. The van der Waals surface area contributed by atoms with Gasteiger partial charge in [-0.2, -0.15) is 5.48 Å². The lowest BCUT2D eigenvalue weighted by Gasteiger charge is -2.20. The molecule has 0 saturated heterocycles. The molecule has 2 heteroatoms. The summed E-state index contributed by atoms with van der Waals surface area (Å²) in [7, 11) is 0. The molecule has 0 fully saturated rings. The number of hydrogen-bond acceptors (Lipinski definition) is 2. The number of aryl methyl sites for hydroxylation is 3. The van der Waals surface area contributed by atoms with Crippen LogP contribution in [0.5, 0.6) is 0 Å². The van der Waals surface area contributed by atoms with Crippen LogP contribution < -0.4 is 5.48 Å². The molecule has 0 heterocycles. The monoisotopic (exact) mass is 221 g/mol. The van der Waals surface area contributed by atoms with Crippen molar-refractivity contribution in [2.45, 2.75) is 53.7 Å². The van der Waals surface area contributed by atoms with E-state index in [1.807, 2.05) is 20.8 Å².